The van der Waals surface area contributed by atoms with Gasteiger partial charge < -0.3 is 24.4 Å². The summed E-state index contributed by atoms with van der Waals surface area (Å²) in [4.78, 5) is 26.4. The molecule has 0 atom stereocenters. The second kappa shape index (κ2) is 7.44. The predicted octanol–water partition coefficient (Wildman–Crippen LogP) is 0.394. The Kier molecular flexibility index (Phi) is 5.60. The van der Waals surface area contributed by atoms with Crippen molar-refractivity contribution in [2.24, 2.45) is 0 Å². The molecule has 0 aromatic rings. The van der Waals surface area contributed by atoms with Crippen LogP contribution in [0.4, 0.5) is 4.79 Å². The Morgan fingerprint density at radius 3 is 2.50 bits per heavy atom. The second-order valence-electron chi connectivity index (χ2n) is 5.13. The average molecular weight is 286 g/mol. The van der Waals surface area contributed by atoms with Crippen LogP contribution in [0.2, 0.25) is 0 Å². The highest BCUT2D eigenvalue weighted by Gasteiger charge is 2.27. The monoisotopic (exact) mass is 286 g/mol. The Hall–Kier alpha value is -1.34. The Bertz CT molecular complexity index is 334. The summed E-state index contributed by atoms with van der Waals surface area (Å²) in [5.41, 5.74) is 0. The Balaban J connectivity index is 1.74. The van der Waals surface area contributed by atoms with Crippen molar-refractivity contribution < 1.29 is 24.2 Å². The van der Waals surface area contributed by atoms with Crippen LogP contribution in [-0.2, 0) is 14.3 Å². The van der Waals surface area contributed by atoms with Gasteiger partial charge in [-0.3, -0.25) is 0 Å². The first-order valence-electron chi connectivity index (χ1n) is 7.12. The van der Waals surface area contributed by atoms with Crippen molar-refractivity contribution in [1.29, 1.82) is 0 Å². The van der Waals surface area contributed by atoms with Crippen LogP contribution >= 0.6 is 0 Å². The molecule has 2 saturated heterocycles. The molecule has 2 fully saturated rings. The van der Waals surface area contributed by atoms with Gasteiger partial charge in [0, 0.05) is 32.8 Å². The first-order valence-corrected chi connectivity index (χ1v) is 7.12. The maximum atomic E-state index is 12.3. The standard InChI is InChI=1S/C13H22N2O5/c16-12(17)10-20-11-2-5-15(6-3-11)13(18)14-4-1-8-19-9-7-14/h11H,1-10H2,(H,16,17). The van der Waals surface area contributed by atoms with E-state index in [0.29, 0.717) is 39.1 Å². The molecule has 1 N–H and O–H groups in total. The molecule has 0 aliphatic carbocycles. The van der Waals surface area contributed by atoms with Crippen molar-refractivity contribution in [3.8, 4) is 0 Å². The molecule has 2 aliphatic rings. The molecule has 20 heavy (non-hydrogen) atoms. The lowest BCUT2D eigenvalue weighted by molar-refractivity contribution is -0.145. The summed E-state index contributed by atoms with van der Waals surface area (Å²) in [6.07, 6.45) is 2.22. The lowest BCUT2D eigenvalue weighted by Crippen LogP contribution is -2.48. The molecular formula is C13H22N2O5. The molecule has 0 bridgehead atoms. The van der Waals surface area contributed by atoms with Gasteiger partial charge in [0.05, 0.1) is 12.7 Å². The number of carbonyl (C=O) groups is 2. The highest BCUT2D eigenvalue weighted by atomic mass is 16.5. The molecule has 2 heterocycles. The molecule has 0 unspecified atom stereocenters. The molecule has 0 aromatic carbocycles. The van der Waals surface area contributed by atoms with Crippen molar-refractivity contribution in [3.63, 3.8) is 0 Å². The van der Waals surface area contributed by atoms with Crippen molar-refractivity contribution in [3.05, 3.63) is 0 Å². The molecule has 7 nitrogen and oxygen atoms in total. The van der Waals surface area contributed by atoms with Gasteiger partial charge in [-0.1, -0.05) is 0 Å². The van der Waals surface area contributed by atoms with Crippen LogP contribution in [-0.4, -0.2) is 79.0 Å². The number of hydrogen-bond donors (Lipinski definition) is 1. The fourth-order valence-corrected chi connectivity index (χ4v) is 2.54. The van der Waals surface area contributed by atoms with E-state index < -0.39 is 5.97 Å². The van der Waals surface area contributed by atoms with Gasteiger partial charge in [0.15, 0.2) is 0 Å². The number of piperidine rings is 1. The fourth-order valence-electron chi connectivity index (χ4n) is 2.54. The number of urea groups is 1. The number of rotatable bonds is 3. The van der Waals surface area contributed by atoms with E-state index in [1.54, 1.807) is 0 Å². The van der Waals surface area contributed by atoms with Gasteiger partial charge in [-0.25, -0.2) is 9.59 Å². The predicted molar refractivity (Wildman–Crippen MR) is 70.6 cm³/mol. The van der Waals surface area contributed by atoms with E-state index in [9.17, 15) is 9.59 Å². The van der Waals surface area contributed by atoms with Crippen LogP contribution in [0.1, 0.15) is 19.3 Å². The van der Waals surface area contributed by atoms with E-state index in [0.717, 1.165) is 19.6 Å². The molecule has 0 aromatic heterocycles. The number of carboxylic acids is 1. The Morgan fingerprint density at radius 1 is 1.10 bits per heavy atom. The number of likely N-dealkylation sites (tertiary alicyclic amines) is 1. The van der Waals surface area contributed by atoms with Crippen LogP contribution in [0.15, 0.2) is 0 Å². The van der Waals surface area contributed by atoms with Crippen molar-refractivity contribution in [2.75, 3.05) is 46.0 Å². The minimum atomic E-state index is -0.951. The minimum Gasteiger partial charge on any atom is -0.480 e. The zero-order valence-electron chi connectivity index (χ0n) is 11.6. The highest BCUT2D eigenvalue weighted by Crippen LogP contribution is 2.16. The van der Waals surface area contributed by atoms with E-state index >= 15 is 0 Å². The summed E-state index contributed by atoms with van der Waals surface area (Å²) in [6, 6.07) is 0.0622. The summed E-state index contributed by atoms with van der Waals surface area (Å²) in [7, 11) is 0. The third-order valence-electron chi connectivity index (χ3n) is 3.65. The maximum Gasteiger partial charge on any atom is 0.329 e. The fraction of sp³-hybridized carbons (Fsp3) is 0.846. The first-order chi connectivity index (χ1) is 9.66. The number of nitrogens with zero attached hydrogens (tertiary/aromatic N) is 2. The number of carbonyl (C=O) groups excluding carboxylic acids is 1. The number of carboxylic acid groups (broad SMARTS) is 1. The zero-order valence-corrected chi connectivity index (χ0v) is 11.6. The van der Waals surface area contributed by atoms with Crippen LogP contribution < -0.4 is 0 Å². The normalized spacial score (nSPS) is 21.6. The van der Waals surface area contributed by atoms with Crippen molar-refractivity contribution in [2.45, 2.75) is 25.4 Å². The summed E-state index contributed by atoms with van der Waals surface area (Å²) in [6.45, 7) is 3.70. The first kappa shape index (κ1) is 15.1. The van der Waals surface area contributed by atoms with E-state index in [1.807, 2.05) is 9.80 Å². The van der Waals surface area contributed by atoms with Gasteiger partial charge in [-0.15, -0.1) is 0 Å². The van der Waals surface area contributed by atoms with Gasteiger partial charge in [0.1, 0.15) is 6.61 Å². The van der Waals surface area contributed by atoms with E-state index in [-0.39, 0.29) is 18.7 Å². The molecule has 7 heteroatoms. The minimum absolute atomic E-state index is 0.0531. The van der Waals surface area contributed by atoms with Gasteiger partial charge in [-0.05, 0) is 19.3 Å². The third-order valence-corrected chi connectivity index (χ3v) is 3.65. The van der Waals surface area contributed by atoms with Crippen molar-refractivity contribution >= 4 is 12.0 Å². The number of amides is 2. The maximum absolute atomic E-state index is 12.3. The SMILES string of the molecule is O=C(O)COC1CCN(C(=O)N2CCCOCC2)CC1. The molecule has 2 rings (SSSR count). The van der Waals surface area contributed by atoms with E-state index in [2.05, 4.69) is 0 Å². The van der Waals surface area contributed by atoms with Crippen LogP contribution in [0.3, 0.4) is 0 Å². The van der Waals surface area contributed by atoms with Gasteiger partial charge in [0.25, 0.3) is 0 Å². The van der Waals surface area contributed by atoms with E-state index in [1.165, 1.54) is 0 Å². The Labute approximate surface area is 118 Å². The van der Waals surface area contributed by atoms with Gasteiger partial charge >= 0.3 is 12.0 Å². The van der Waals surface area contributed by atoms with E-state index in [4.69, 9.17) is 14.6 Å². The lowest BCUT2D eigenvalue weighted by atomic mass is 10.1. The summed E-state index contributed by atoms with van der Waals surface area (Å²) in [5.74, 6) is -0.951. The van der Waals surface area contributed by atoms with Crippen LogP contribution in [0.5, 0.6) is 0 Å². The summed E-state index contributed by atoms with van der Waals surface area (Å²) < 4.78 is 10.6. The average Bonchev–Trinajstić information content (AvgIpc) is 2.74. The molecule has 2 amide bonds. The largest absolute Gasteiger partial charge is 0.480 e. The van der Waals surface area contributed by atoms with Crippen LogP contribution in [0, 0.1) is 0 Å². The smallest absolute Gasteiger partial charge is 0.329 e. The second-order valence-corrected chi connectivity index (χ2v) is 5.13. The lowest BCUT2D eigenvalue weighted by Gasteiger charge is -2.35. The van der Waals surface area contributed by atoms with Gasteiger partial charge in [0.2, 0.25) is 0 Å². The third kappa shape index (κ3) is 4.35. The molecule has 114 valence electrons. The van der Waals surface area contributed by atoms with Crippen molar-refractivity contribution in [1.82, 2.24) is 9.80 Å². The molecule has 0 radical (unpaired) electrons. The van der Waals surface area contributed by atoms with Gasteiger partial charge in [-0.2, -0.15) is 0 Å². The highest BCUT2D eigenvalue weighted by molar-refractivity contribution is 5.74. The van der Waals surface area contributed by atoms with Crippen LogP contribution in [0.25, 0.3) is 0 Å². The zero-order chi connectivity index (χ0) is 14.4. The topological polar surface area (TPSA) is 79.3 Å². The summed E-state index contributed by atoms with van der Waals surface area (Å²) >= 11 is 0. The molecule has 2 aliphatic heterocycles. The number of ether oxygens (including phenoxy) is 2. The summed E-state index contributed by atoms with van der Waals surface area (Å²) in [5, 5.41) is 8.57. The molecule has 0 saturated carbocycles. The quantitative estimate of drug-likeness (QED) is 0.812. The number of hydrogen-bond acceptors (Lipinski definition) is 4. The molecular weight excluding hydrogens is 264 g/mol. The number of aliphatic carboxylic acids is 1. The molecule has 0 spiro atoms. The Morgan fingerprint density at radius 2 is 1.80 bits per heavy atom.